The van der Waals surface area contributed by atoms with E-state index in [4.69, 9.17) is 0 Å². The third kappa shape index (κ3) is 4.01. The molecule has 1 N–H and O–H groups in total. The van der Waals surface area contributed by atoms with Crippen molar-refractivity contribution in [3.8, 4) is 0 Å². The summed E-state index contributed by atoms with van der Waals surface area (Å²) in [6.07, 6.45) is 4.36. The van der Waals surface area contributed by atoms with Gasteiger partial charge in [0, 0.05) is 13.0 Å². The Morgan fingerprint density at radius 1 is 1.28 bits per heavy atom. The second-order valence-corrected chi connectivity index (χ2v) is 3.99. The molecule has 0 fully saturated rings. The number of carbonyl (C=O) groups excluding carboxylic acids is 1. The van der Waals surface area contributed by atoms with Gasteiger partial charge in [0.25, 0.3) is 0 Å². The van der Waals surface area contributed by atoms with E-state index in [-0.39, 0.29) is 5.91 Å². The maximum Gasteiger partial charge on any atom is 0.221 e. The van der Waals surface area contributed by atoms with E-state index < -0.39 is 0 Å². The highest BCUT2D eigenvalue weighted by Gasteiger charge is 2.01. The van der Waals surface area contributed by atoms with Crippen molar-refractivity contribution >= 4 is 5.91 Å². The fourth-order valence-electron chi connectivity index (χ4n) is 1.64. The highest BCUT2D eigenvalue weighted by atomic mass is 16.1. The van der Waals surface area contributed by atoms with Crippen LogP contribution in [-0.2, 0) is 17.8 Å². The molecular formula is C13H16N4O. The van der Waals surface area contributed by atoms with Gasteiger partial charge in [-0.15, -0.1) is 0 Å². The number of amides is 1. The zero-order chi connectivity index (χ0) is 12.6. The maximum absolute atomic E-state index is 11.6. The van der Waals surface area contributed by atoms with E-state index in [1.165, 1.54) is 11.9 Å². The summed E-state index contributed by atoms with van der Waals surface area (Å²) in [4.78, 5) is 15.4. The predicted octanol–water partition coefficient (Wildman–Crippen LogP) is 1.03. The van der Waals surface area contributed by atoms with Crippen molar-refractivity contribution in [1.82, 2.24) is 20.1 Å². The van der Waals surface area contributed by atoms with E-state index in [2.05, 4.69) is 27.5 Å². The number of carbonyl (C=O) groups is 1. The zero-order valence-corrected chi connectivity index (χ0v) is 10.1. The van der Waals surface area contributed by atoms with Crippen molar-refractivity contribution < 1.29 is 4.79 Å². The van der Waals surface area contributed by atoms with E-state index in [0.29, 0.717) is 19.5 Å². The minimum Gasteiger partial charge on any atom is -0.356 e. The molecule has 2 rings (SSSR count). The van der Waals surface area contributed by atoms with Crippen molar-refractivity contribution in [3.63, 3.8) is 0 Å². The topological polar surface area (TPSA) is 59.8 Å². The quantitative estimate of drug-likeness (QED) is 0.825. The largest absolute Gasteiger partial charge is 0.356 e. The molecule has 0 aliphatic heterocycles. The average Bonchev–Trinajstić information content (AvgIpc) is 2.91. The summed E-state index contributed by atoms with van der Waals surface area (Å²) in [6.45, 7) is 1.23. The molecule has 1 aromatic carbocycles. The maximum atomic E-state index is 11.6. The summed E-state index contributed by atoms with van der Waals surface area (Å²) < 4.78 is 1.65. The summed E-state index contributed by atoms with van der Waals surface area (Å²) in [5.41, 5.74) is 1.23. The number of hydrogen-bond donors (Lipinski definition) is 1. The lowest BCUT2D eigenvalue weighted by atomic mass is 10.1. The Labute approximate surface area is 106 Å². The Hall–Kier alpha value is -2.17. The molecule has 0 atom stereocenters. The predicted molar refractivity (Wildman–Crippen MR) is 67.8 cm³/mol. The smallest absolute Gasteiger partial charge is 0.221 e. The van der Waals surface area contributed by atoms with E-state index in [0.717, 1.165) is 6.42 Å². The van der Waals surface area contributed by atoms with Crippen LogP contribution >= 0.6 is 0 Å². The third-order valence-electron chi connectivity index (χ3n) is 2.61. The average molecular weight is 244 g/mol. The Morgan fingerprint density at radius 3 is 2.83 bits per heavy atom. The van der Waals surface area contributed by atoms with Crippen LogP contribution in [0.5, 0.6) is 0 Å². The van der Waals surface area contributed by atoms with Gasteiger partial charge in [-0.3, -0.25) is 9.48 Å². The lowest BCUT2D eigenvalue weighted by molar-refractivity contribution is -0.121. The molecule has 5 heteroatoms. The first kappa shape index (κ1) is 12.3. The Kier molecular flexibility index (Phi) is 4.46. The second-order valence-electron chi connectivity index (χ2n) is 3.99. The molecule has 5 nitrogen and oxygen atoms in total. The van der Waals surface area contributed by atoms with E-state index in [9.17, 15) is 4.79 Å². The van der Waals surface area contributed by atoms with Crippen molar-refractivity contribution in [1.29, 1.82) is 0 Å². The summed E-state index contributed by atoms with van der Waals surface area (Å²) in [6, 6.07) is 10.1. The summed E-state index contributed by atoms with van der Waals surface area (Å²) >= 11 is 0. The highest BCUT2D eigenvalue weighted by Crippen LogP contribution is 1.98. The molecule has 0 unspecified atom stereocenters. The molecule has 1 heterocycles. The van der Waals surface area contributed by atoms with Gasteiger partial charge in [0.1, 0.15) is 12.7 Å². The van der Waals surface area contributed by atoms with Gasteiger partial charge < -0.3 is 5.32 Å². The number of aryl methyl sites for hydroxylation is 1. The normalized spacial score (nSPS) is 10.2. The van der Waals surface area contributed by atoms with Crippen LogP contribution in [-0.4, -0.2) is 27.2 Å². The van der Waals surface area contributed by atoms with Crippen LogP contribution in [0, 0.1) is 0 Å². The first-order valence-electron chi connectivity index (χ1n) is 5.97. The first-order valence-corrected chi connectivity index (χ1v) is 5.97. The Bertz CT molecular complexity index is 467. The standard InChI is InChI=1S/C13H16N4O/c18-13(7-9-17-11-14-10-16-17)15-8-6-12-4-2-1-3-5-12/h1-5,10-11H,6-9H2,(H,15,18). The summed E-state index contributed by atoms with van der Waals surface area (Å²) in [5, 5.41) is 6.83. The van der Waals surface area contributed by atoms with E-state index >= 15 is 0 Å². The molecule has 18 heavy (non-hydrogen) atoms. The molecule has 2 aromatic rings. The number of aromatic nitrogens is 3. The Morgan fingerprint density at radius 2 is 2.11 bits per heavy atom. The fraction of sp³-hybridized carbons (Fsp3) is 0.308. The zero-order valence-electron chi connectivity index (χ0n) is 10.1. The van der Waals surface area contributed by atoms with Gasteiger partial charge in [-0.2, -0.15) is 5.10 Å². The fourth-order valence-corrected chi connectivity index (χ4v) is 1.64. The Balaban J connectivity index is 1.63. The first-order chi connectivity index (χ1) is 8.84. The number of nitrogens with one attached hydrogen (secondary N) is 1. The molecule has 0 radical (unpaired) electrons. The van der Waals surface area contributed by atoms with Crippen molar-refractivity contribution in [2.45, 2.75) is 19.4 Å². The molecule has 0 bridgehead atoms. The molecule has 1 aromatic heterocycles. The number of nitrogens with zero attached hydrogens (tertiary/aromatic N) is 3. The van der Waals surface area contributed by atoms with Crippen LogP contribution in [0.25, 0.3) is 0 Å². The lowest BCUT2D eigenvalue weighted by Gasteiger charge is -2.05. The van der Waals surface area contributed by atoms with Gasteiger partial charge in [-0.25, -0.2) is 4.98 Å². The van der Waals surface area contributed by atoms with Crippen molar-refractivity contribution in [3.05, 3.63) is 48.5 Å². The number of rotatable bonds is 6. The molecule has 0 aliphatic carbocycles. The molecule has 0 spiro atoms. The van der Waals surface area contributed by atoms with Gasteiger partial charge in [0.2, 0.25) is 5.91 Å². The van der Waals surface area contributed by atoms with Gasteiger partial charge in [-0.05, 0) is 12.0 Å². The van der Waals surface area contributed by atoms with Crippen LogP contribution < -0.4 is 5.32 Å². The van der Waals surface area contributed by atoms with Crippen molar-refractivity contribution in [2.24, 2.45) is 0 Å². The second kappa shape index (κ2) is 6.54. The van der Waals surface area contributed by atoms with Gasteiger partial charge in [0.05, 0.1) is 6.54 Å². The molecule has 1 amide bonds. The lowest BCUT2D eigenvalue weighted by Crippen LogP contribution is -2.26. The molecule has 94 valence electrons. The minimum atomic E-state index is 0.0430. The van der Waals surface area contributed by atoms with E-state index in [1.807, 2.05) is 18.2 Å². The van der Waals surface area contributed by atoms with Crippen LogP contribution in [0.15, 0.2) is 43.0 Å². The highest BCUT2D eigenvalue weighted by molar-refractivity contribution is 5.75. The van der Waals surface area contributed by atoms with Crippen molar-refractivity contribution in [2.75, 3.05) is 6.54 Å². The van der Waals surface area contributed by atoms with Crippen LogP contribution in [0.1, 0.15) is 12.0 Å². The number of benzene rings is 1. The molecular weight excluding hydrogens is 228 g/mol. The van der Waals surface area contributed by atoms with Gasteiger partial charge >= 0.3 is 0 Å². The van der Waals surface area contributed by atoms with Crippen LogP contribution in [0.2, 0.25) is 0 Å². The molecule has 0 saturated heterocycles. The summed E-state index contributed by atoms with van der Waals surface area (Å²) in [7, 11) is 0. The SMILES string of the molecule is O=C(CCn1cncn1)NCCc1ccccc1. The molecule has 0 aliphatic rings. The molecule has 0 saturated carbocycles. The van der Waals surface area contributed by atoms with Crippen LogP contribution in [0.4, 0.5) is 0 Å². The van der Waals surface area contributed by atoms with E-state index in [1.54, 1.807) is 11.0 Å². The monoisotopic (exact) mass is 244 g/mol. The summed E-state index contributed by atoms with van der Waals surface area (Å²) in [5.74, 6) is 0.0430. The minimum absolute atomic E-state index is 0.0430. The van der Waals surface area contributed by atoms with Crippen LogP contribution in [0.3, 0.4) is 0 Å². The number of hydrogen-bond acceptors (Lipinski definition) is 3. The third-order valence-corrected chi connectivity index (χ3v) is 2.61. The van der Waals surface area contributed by atoms with Gasteiger partial charge in [-0.1, -0.05) is 30.3 Å². The van der Waals surface area contributed by atoms with Gasteiger partial charge in [0.15, 0.2) is 0 Å².